The molecule has 1 N–H and O–H groups in total. The largest absolute Gasteiger partial charge is 0.477 e. The summed E-state index contributed by atoms with van der Waals surface area (Å²) >= 11 is 1.48. The number of carboxylic acids is 1. The minimum atomic E-state index is -0.922. The van der Waals surface area contributed by atoms with Crippen molar-refractivity contribution in [1.82, 2.24) is 9.38 Å². The summed E-state index contributed by atoms with van der Waals surface area (Å²) < 4.78 is 1.75. The van der Waals surface area contributed by atoms with Gasteiger partial charge in [0.15, 0.2) is 10.7 Å². The summed E-state index contributed by atoms with van der Waals surface area (Å²) in [5, 5.41) is 11.2. The molecule has 2 heterocycles. The molecule has 0 fully saturated rings. The number of rotatable bonds is 1. The number of hydrogen-bond donors (Lipinski definition) is 1. The van der Waals surface area contributed by atoms with Crippen LogP contribution in [0, 0.1) is 6.92 Å². The molecule has 2 aromatic heterocycles. The number of carbonyl (C=O) groups is 1. The molecule has 0 radical (unpaired) electrons. The maximum Gasteiger partial charge on any atom is 0.354 e. The number of hydrogen-bond acceptors (Lipinski definition) is 3. The van der Waals surface area contributed by atoms with Crippen LogP contribution in [0.2, 0.25) is 0 Å². The van der Waals surface area contributed by atoms with E-state index < -0.39 is 5.97 Å². The zero-order valence-corrected chi connectivity index (χ0v) is 10.6. The van der Waals surface area contributed by atoms with E-state index in [1.165, 1.54) is 11.3 Å². The highest BCUT2D eigenvalue weighted by atomic mass is 32.1. The molecule has 0 bridgehead atoms. The number of fused-ring (bicyclic) bond motifs is 1. The molecule has 2 aromatic rings. The Morgan fingerprint density at radius 3 is 2.62 bits per heavy atom. The third-order valence-corrected chi connectivity index (χ3v) is 3.33. The van der Waals surface area contributed by atoms with Crippen molar-refractivity contribution in [3.63, 3.8) is 0 Å². The maximum atomic E-state index is 11.2. The summed E-state index contributed by atoms with van der Waals surface area (Å²) in [4.78, 5) is 16.2. The van der Waals surface area contributed by atoms with Crippen LogP contribution in [0.1, 0.15) is 42.6 Å². The van der Waals surface area contributed by atoms with Gasteiger partial charge in [-0.25, -0.2) is 9.78 Å². The second-order valence-corrected chi connectivity index (χ2v) is 5.68. The van der Waals surface area contributed by atoms with Gasteiger partial charge in [-0.15, -0.1) is 11.3 Å². The fraction of sp³-hybridized carbons (Fsp3) is 0.455. The lowest BCUT2D eigenvalue weighted by Crippen LogP contribution is -2.16. The van der Waals surface area contributed by atoms with Crippen LogP contribution in [-0.4, -0.2) is 20.5 Å². The SMILES string of the molecule is Cc1nc2scc(C(C)(C)C)n2c1C(=O)O. The first-order valence-corrected chi connectivity index (χ1v) is 5.90. The normalized spacial score (nSPS) is 12.2. The van der Waals surface area contributed by atoms with E-state index in [0.29, 0.717) is 5.69 Å². The molecule has 2 rings (SSSR count). The number of aryl methyl sites for hydroxylation is 1. The molecule has 0 aliphatic carbocycles. The number of aromatic carboxylic acids is 1. The Labute approximate surface area is 97.6 Å². The molecule has 0 aliphatic rings. The Hall–Kier alpha value is -1.36. The third-order valence-electron chi connectivity index (χ3n) is 2.51. The highest BCUT2D eigenvalue weighted by Gasteiger charge is 2.25. The van der Waals surface area contributed by atoms with E-state index >= 15 is 0 Å². The number of thiazole rings is 1. The van der Waals surface area contributed by atoms with Crippen molar-refractivity contribution in [2.75, 3.05) is 0 Å². The maximum absolute atomic E-state index is 11.2. The minimum absolute atomic E-state index is 0.0877. The molecule has 0 amide bonds. The van der Waals surface area contributed by atoms with Gasteiger partial charge >= 0.3 is 5.97 Å². The van der Waals surface area contributed by atoms with Gasteiger partial charge in [0, 0.05) is 16.5 Å². The number of nitrogens with zero attached hydrogens (tertiary/aromatic N) is 2. The van der Waals surface area contributed by atoms with Crippen molar-refractivity contribution in [3.05, 3.63) is 22.5 Å². The molecule has 0 atom stereocenters. The van der Waals surface area contributed by atoms with Gasteiger partial charge in [-0.05, 0) is 6.92 Å². The highest BCUT2D eigenvalue weighted by Crippen LogP contribution is 2.29. The predicted molar refractivity (Wildman–Crippen MR) is 63.5 cm³/mol. The van der Waals surface area contributed by atoms with E-state index in [0.717, 1.165) is 10.7 Å². The fourth-order valence-corrected chi connectivity index (χ4v) is 2.89. The van der Waals surface area contributed by atoms with Crippen LogP contribution < -0.4 is 0 Å². The molecule has 4 nitrogen and oxygen atoms in total. The summed E-state index contributed by atoms with van der Waals surface area (Å²) in [5.41, 5.74) is 1.76. The second-order valence-electron chi connectivity index (χ2n) is 4.84. The lowest BCUT2D eigenvalue weighted by atomic mass is 9.93. The first-order chi connectivity index (χ1) is 7.32. The van der Waals surface area contributed by atoms with Crippen LogP contribution >= 0.6 is 11.3 Å². The van der Waals surface area contributed by atoms with Gasteiger partial charge in [0.1, 0.15) is 0 Å². The van der Waals surface area contributed by atoms with Crippen molar-refractivity contribution < 1.29 is 9.90 Å². The highest BCUT2D eigenvalue weighted by molar-refractivity contribution is 7.15. The average Bonchev–Trinajstić information content (AvgIpc) is 2.57. The van der Waals surface area contributed by atoms with E-state index in [-0.39, 0.29) is 11.1 Å². The lowest BCUT2D eigenvalue weighted by Gasteiger charge is -2.17. The smallest absolute Gasteiger partial charge is 0.354 e. The summed E-state index contributed by atoms with van der Waals surface area (Å²) in [7, 11) is 0. The number of imidazole rings is 1. The standard InChI is InChI=1S/C11H14N2O2S/c1-6-8(9(14)15)13-7(11(2,3)4)5-16-10(13)12-6/h5H,1-4H3,(H,14,15). The molecule has 0 saturated heterocycles. The molecule has 0 unspecified atom stereocenters. The first-order valence-electron chi connectivity index (χ1n) is 5.02. The summed E-state index contributed by atoms with van der Waals surface area (Å²) in [5.74, 6) is -0.922. The monoisotopic (exact) mass is 238 g/mol. The Bertz CT molecular complexity index is 560. The minimum Gasteiger partial charge on any atom is -0.477 e. The van der Waals surface area contributed by atoms with Crippen LogP contribution in [-0.2, 0) is 5.41 Å². The van der Waals surface area contributed by atoms with Gasteiger partial charge in [0.25, 0.3) is 0 Å². The zero-order valence-electron chi connectivity index (χ0n) is 9.74. The fourth-order valence-electron chi connectivity index (χ4n) is 1.73. The van der Waals surface area contributed by atoms with E-state index in [1.54, 1.807) is 11.3 Å². The molecule has 16 heavy (non-hydrogen) atoms. The number of aromatic nitrogens is 2. The van der Waals surface area contributed by atoms with Gasteiger partial charge in [0.05, 0.1) is 5.69 Å². The van der Waals surface area contributed by atoms with Crippen molar-refractivity contribution in [2.24, 2.45) is 0 Å². The molecular formula is C11H14N2O2S. The Kier molecular flexibility index (Phi) is 2.31. The van der Waals surface area contributed by atoms with Gasteiger partial charge in [-0.2, -0.15) is 0 Å². The Morgan fingerprint density at radius 1 is 1.50 bits per heavy atom. The van der Waals surface area contributed by atoms with Crippen molar-refractivity contribution in [3.8, 4) is 0 Å². The van der Waals surface area contributed by atoms with Crippen molar-refractivity contribution >= 4 is 22.3 Å². The molecule has 0 spiro atoms. The second kappa shape index (κ2) is 3.31. The summed E-state index contributed by atoms with van der Waals surface area (Å²) in [6.45, 7) is 7.93. The zero-order chi connectivity index (χ0) is 12.1. The molecule has 0 saturated carbocycles. The van der Waals surface area contributed by atoms with Gasteiger partial charge in [-0.1, -0.05) is 20.8 Å². The number of carboxylic acid groups (broad SMARTS) is 1. The Balaban J connectivity index is 2.84. The molecule has 5 heteroatoms. The van der Waals surface area contributed by atoms with Crippen LogP contribution in [0.5, 0.6) is 0 Å². The van der Waals surface area contributed by atoms with Crippen LogP contribution in [0.25, 0.3) is 4.96 Å². The molecule has 0 aromatic carbocycles. The van der Waals surface area contributed by atoms with Crippen molar-refractivity contribution in [2.45, 2.75) is 33.1 Å². The Morgan fingerprint density at radius 2 is 2.12 bits per heavy atom. The van der Waals surface area contributed by atoms with E-state index in [4.69, 9.17) is 0 Å². The van der Waals surface area contributed by atoms with Gasteiger partial charge in [0.2, 0.25) is 0 Å². The van der Waals surface area contributed by atoms with Gasteiger partial charge < -0.3 is 5.11 Å². The average molecular weight is 238 g/mol. The van der Waals surface area contributed by atoms with Gasteiger partial charge in [-0.3, -0.25) is 4.40 Å². The quantitative estimate of drug-likeness (QED) is 0.831. The summed E-state index contributed by atoms with van der Waals surface area (Å²) in [6.07, 6.45) is 0. The topological polar surface area (TPSA) is 54.6 Å². The third kappa shape index (κ3) is 1.51. The van der Waals surface area contributed by atoms with Crippen LogP contribution in [0.3, 0.4) is 0 Å². The van der Waals surface area contributed by atoms with Crippen LogP contribution in [0.4, 0.5) is 0 Å². The first kappa shape index (κ1) is 11.1. The molecule has 86 valence electrons. The van der Waals surface area contributed by atoms with E-state index in [9.17, 15) is 9.90 Å². The van der Waals surface area contributed by atoms with E-state index in [2.05, 4.69) is 25.8 Å². The van der Waals surface area contributed by atoms with E-state index in [1.807, 2.05) is 5.38 Å². The lowest BCUT2D eigenvalue weighted by molar-refractivity contribution is 0.0688. The van der Waals surface area contributed by atoms with Crippen molar-refractivity contribution in [1.29, 1.82) is 0 Å². The van der Waals surface area contributed by atoms with Crippen LogP contribution in [0.15, 0.2) is 5.38 Å². The molecular weight excluding hydrogens is 224 g/mol. The molecule has 0 aliphatic heterocycles. The summed E-state index contributed by atoms with van der Waals surface area (Å²) in [6, 6.07) is 0. The predicted octanol–water partition coefficient (Wildman–Crippen LogP) is 2.70.